The summed E-state index contributed by atoms with van der Waals surface area (Å²) in [6.07, 6.45) is 1.72. The molecule has 3 rings (SSSR count). The van der Waals surface area contributed by atoms with Crippen LogP contribution in [0.25, 0.3) is 22.3 Å². The van der Waals surface area contributed by atoms with Crippen molar-refractivity contribution < 1.29 is 0 Å². The maximum atomic E-state index is 11.8. The summed E-state index contributed by atoms with van der Waals surface area (Å²) in [5, 5.41) is 5.78. The number of benzene rings is 1. The Bertz CT molecular complexity index is 817. The van der Waals surface area contributed by atoms with Crippen molar-refractivity contribution in [1.82, 2.24) is 19.7 Å². The topological polar surface area (TPSA) is 63.6 Å². The van der Waals surface area contributed by atoms with Crippen LogP contribution < -0.4 is 5.69 Å². The van der Waals surface area contributed by atoms with Crippen LogP contribution in [0.3, 0.4) is 0 Å². The molecule has 0 bridgehead atoms. The highest BCUT2D eigenvalue weighted by Gasteiger charge is 2.13. The molecule has 0 aliphatic heterocycles. The van der Waals surface area contributed by atoms with E-state index < -0.39 is 0 Å². The highest BCUT2D eigenvalue weighted by atomic mass is 35.5. The van der Waals surface area contributed by atoms with Crippen LogP contribution in [0.4, 0.5) is 0 Å². The molecule has 0 unspecified atom stereocenters. The van der Waals surface area contributed by atoms with Gasteiger partial charge in [0.1, 0.15) is 0 Å². The van der Waals surface area contributed by atoms with Gasteiger partial charge >= 0.3 is 5.69 Å². The molecule has 0 aliphatic carbocycles. The van der Waals surface area contributed by atoms with Gasteiger partial charge in [0.25, 0.3) is 0 Å². The summed E-state index contributed by atoms with van der Waals surface area (Å²) in [6.45, 7) is 3.99. The molecule has 0 aliphatic rings. The second-order valence-electron chi connectivity index (χ2n) is 4.84. The van der Waals surface area contributed by atoms with Gasteiger partial charge in [0.05, 0.1) is 17.3 Å². The number of H-pyrrole nitrogens is 1. The van der Waals surface area contributed by atoms with Crippen LogP contribution in [0.15, 0.2) is 35.3 Å². The molecule has 2 aromatic heterocycles. The fraction of sp³-hybridized carbons (Fsp3) is 0.214. The Morgan fingerprint density at radius 2 is 1.95 bits per heavy atom. The molecule has 1 N–H and O–H groups in total. The number of nitrogens with one attached hydrogen (secondary N) is 1. The van der Waals surface area contributed by atoms with Crippen LogP contribution in [0, 0.1) is 0 Å². The van der Waals surface area contributed by atoms with Crippen molar-refractivity contribution in [2.45, 2.75) is 19.9 Å². The van der Waals surface area contributed by atoms with Gasteiger partial charge in [-0.05, 0) is 31.5 Å². The molecule has 5 nitrogen and oxygen atoms in total. The average Bonchev–Trinajstić information content (AvgIpc) is 2.82. The van der Waals surface area contributed by atoms with E-state index in [1.165, 1.54) is 0 Å². The Kier molecular flexibility index (Phi) is 3.06. The van der Waals surface area contributed by atoms with Gasteiger partial charge < -0.3 is 4.98 Å². The van der Waals surface area contributed by atoms with E-state index in [-0.39, 0.29) is 11.7 Å². The van der Waals surface area contributed by atoms with Crippen molar-refractivity contribution in [3.05, 3.63) is 46.0 Å². The van der Waals surface area contributed by atoms with Crippen LogP contribution in [0.2, 0.25) is 5.02 Å². The SMILES string of the molecule is CC(C)n1ncc2c(-c3ccc(Cl)cc3)[nH]c(=O)nc21. The van der Waals surface area contributed by atoms with Gasteiger partial charge in [-0.25, -0.2) is 9.48 Å². The van der Waals surface area contributed by atoms with Crippen molar-refractivity contribution in [3.8, 4) is 11.3 Å². The molecular weight excluding hydrogens is 276 g/mol. The summed E-state index contributed by atoms with van der Waals surface area (Å²) in [7, 11) is 0. The van der Waals surface area contributed by atoms with E-state index in [0.29, 0.717) is 16.4 Å². The maximum Gasteiger partial charge on any atom is 0.347 e. The van der Waals surface area contributed by atoms with Gasteiger partial charge in [0.15, 0.2) is 5.65 Å². The zero-order valence-electron chi connectivity index (χ0n) is 11.1. The first kappa shape index (κ1) is 12.9. The first-order chi connectivity index (χ1) is 9.56. The minimum atomic E-state index is -0.384. The lowest BCUT2D eigenvalue weighted by molar-refractivity contribution is 0.546. The fourth-order valence-corrected chi connectivity index (χ4v) is 2.29. The van der Waals surface area contributed by atoms with Gasteiger partial charge in [0.2, 0.25) is 0 Å². The fourth-order valence-electron chi connectivity index (χ4n) is 2.16. The van der Waals surface area contributed by atoms with E-state index in [1.807, 2.05) is 26.0 Å². The molecule has 0 fully saturated rings. The lowest BCUT2D eigenvalue weighted by Crippen LogP contribution is -2.14. The molecule has 0 saturated carbocycles. The second-order valence-corrected chi connectivity index (χ2v) is 5.28. The molecule has 0 amide bonds. The third-order valence-corrected chi connectivity index (χ3v) is 3.35. The van der Waals surface area contributed by atoms with Crippen LogP contribution >= 0.6 is 11.6 Å². The molecule has 0 spiro atoms. The smallest absolute Gasteiger partial charge is 0.305 e. The van der Waals surface area contributed by atoms with Crippen molar-refractivity contribution in [2.24, 2.45) is 0 Å². The van der Waals surface area contributed by atoms with Crippen LogP contribution in [0.5, 0.6) is 0 Å². The molecule has 0 atom stereocenters. The Morgan fingerprint density at radius 1 is 1.25 bits per heavy atom. The highest BCUT2D eigenvalue weighted by Crippen LogP contribution is 2.26. The monoisotopic (exact) mass is 288 g/mol. The normalized spacial score (nSPS) is 11.4. The van der Waals surface area contributed by atoms with Crippen LogP contribution in [0.1, 0.15) is 19.9 Å². The van der Waals surface area contributed by atoms with E-state index in [4.69, 9.17) is 11.6 Å². The van der Waals surface area contributed by atoms with Gasteiger partial charge in [-0.1, -0.05) is 23.7 Å². The van der Waals surface area contributed by atoms with Crippen molar-refractivity contribution in [3.63, 3.8) is 0 Å². The summed E-state index contributed by atoms with van der Waals surface area (Å²) in [5.74, 6) is 0. The van der Waals surface area contributed by atoms with Crippen LogP contribution in [-0.2, 0) is 0 Å². The molecule has 0 saturated heterocycles. The van der Waals surface area contributed by atoms with Gasteiger partial charge in [-0.15, -0.1) is 0 Å². The molecule has 6 heteroatoms. The summed E-state index contributed by atoms with van der Waals surface area (Å²) < 4.78 is 1.74. The summed E-state index contributed by atoms with van der Waals surface area (Å²) in [4.78, 5) is 18.6. The molecular formula is C14H13ClN4O. The Labute approximate surface area is 120 Å². The zero-order valence-corrected chi connectivity index (χ0v) is 11.8. The molecule has 102 valence electrons. The van der Waals surface area contributed by atoms with E-state index in [9.17, 15) is 4.79 Å². The molecule has 0 radical (unpaired) electrons. The molecule has 20 heavy (non-hydrogen) atoms. The third kappa shape index (κ3) is 2.10. The summed E-state index contributed by atoms with van der Waals surface area (Å²) in [6, 6.07) is 7.43. The minimum absolute atomic E-state index is 0.139. The number of hydrogen-bond acceptors (Lipinski definition) is 3. The summed E-state index contributed by atoms with van der Waals surface area (Å²) in [5.41, 5.74) is 1.80. The first-order valence-electron chi connectivity index (χ1n) is 6.30. The highest BCUT2D eigenvalue weighted by molar-refractivity contribution is 6.30. The third-order valence-electron chi connectivity index (χ3n) is 3.10. The van der Waals surface area contributed by atoms with Gasteiger partial charge in [-0.3, -0.25) is 0 Å². The van der Waals surface area contributed by atoms with E-state index in [0.717, 1.165) is 10.9 Å². The quantitative estimate of drug-likeness (QED) is 0.788. The predicted octanol–water partition coefficient (Wildman–Crippen LogP) is 3.02. The zero-order chi connectivity index (χ0) is 14.3. The largest absolute Gasteiger partial charge is 0.347 e. The Morgan fingerprint density at radius 3 is 2.60 bits per heavy atom. The average molecular weight is 289 g/mol. The van der Waals surface area contributed by atoms with E-state index in [2.05, 4.69) is 15.1 Å². The lowest BCUT2D eigenvalue weighted by atomic mass is 10.1. The van der Waals surface area contributed by atoms with Gasteiger partial charge in [-0.2, -0.15) is 10.1 Å². The minimum Gasteiger partial charge on any atom is -0.305 e. The van der Waals surface area contributed by atoms with Crippen molar-refractivity contribution >= 4 is 22.6 Å². The molecule has 3 aromatic rings. The first-order valence-corrected chi connectivity index (χ1v) is 6.67. The number of rotatable bonds is 2. The lowest BCUT2D eigenvalue weighted by Gasteiger charge is -2.07. The maximum absolute atomic E-state index is 11.8. The van der Waals surface area contributed by atoms with E-state index >= 15 is 0 Å². The Hall–Kier alpha value is -2.14. The number of hydrogen-bond donors (Lipinski definition) is 1. The number of aromatic amines is 1. The number of nitrogens with zero attached hydrogens (tertiary/aromatic N) is 3. The van der Waals surface area contributed by atoms with Crippen molar-refractivity contribution in [2.75, 3.05) is 0 Å². The number of fused-ring (bicyclic) bond motifs is 1. The Balaban J connectivity index is 2.30. The number of aromatic nitrogens is 4. The molecule has 2 heterocycles. The number of halogens is 1. The standard InChI is InChI=1S/C14H13ClN4O/c1-8(2)19-13-11(7-16-19)12(17-14(20)18-13)9-3-5-10(15)6-4-9/h3-8H,1-2H3,(H,17,18,20). The van der Waals surface area contributed by atoms with Gasteiger partial charge in [0, 0.05) is 11.1 Å². The van der Waals surface area contributed by atoms with Crippen LogP contribution in [-0.4, -0.2) is 19.7 Å². The summed E-state index contributed by atoms with van der Waals surface area (Å²) >= 11 is 5.89. The predicted molar refractivity (Wildman–Crippen MR) is 79.0 cm³/mol. The van der Waals surface area contributed by atoms with Crippen molar-refractivity contribution in [1.29, 1.82) is 0 Å². The molecule has 1 aromatic carbocycles. The van der Waals surface area contributed by atoms with E-state index in [1.54, 1.807) is 23.0 Å². The second kappa shape index (κ2) is 4.76.